The number of hydrogen-bond acceptors (Lipinski definition) is 3. The predicted molar refractivity (Wildman–Crippen MR) is 77.8 cm³/mol. The van der Waals surface area contributed by atoms with Crippen molar-refractivity contribution >= 4 is 11.6 Å². The van der Waals surface area contributed by atoms with Crippen LogP contribution in [0.15, 0.2) is 18.3 Å². The monoisotopic (exact) mass is 278 g/mol. The average Bonchev–Trinajstić information content (AvgIpc) is 2.67. The van der Waals surface area contributed by atoms with Gasteiger partial charge in [0.25, 0.3) is 0 Å². The molecule has 2 rings (SSSR count). The van der Waals surface area contributed by atoms with Crippen LogP contribution in [0.4, 0.5) is 0 Å². The summed E-state index contributed by atoms with van der Waals surface area (Å²) in [6.07, 6.45) is 3.49. The molecule has 0 bridgehead atoms. The summed E-state index contributed by atoms with van der Waals surface area (Å²) in [5.74, 6) is 0.818. The van der Waals surface area contributed by atoms with E-state index < -0.39 is 0 Å². The highest BCUT2D eigenvalue weighted by molar-refractivity contribution is 6.31. The molecule has 2 heterocycles. The Morgan fingerprint density at radius 3 is 2.74 bits per heavy atom. The molecule has 0 aliphatic carbocycles. The summed E-state index contributed by atoms with van der Waals surface area (Å²) in [5.41, 5.74) is 8.86. The largest absolute Gasteiger partial charge is 0.327 e. The second-order valence-corrected chi connectivity index (χ2v) is 5.13. The van der Waals surface area contributed by atoms with Crippen molar-refractivity contribution in [2.24, 2.45) is 5.73 Å². The Kier molecular flexibility index (Phi) is 4.22. The van der Waals surface area contributed by atoms with E-state index in [1.54, 1.807) is 10.9 Å². The van der Waals surface area contributed by atoms with Gasteiger partial charge in [0.2, 0.25) is 0 Å². The summed E-state index contributed by atoms with van der Waals surface area (Å²) >= 11 is 6.20. The van der Waals surface area contributed by atoms with Gasteiger partial charge in [-0.05, 0) is 38.3 Å². The van der Waals surface area contributed by atoms with E-state index in [2.05, 4.69) is 17.0 Å². The highest BCUT2D eigenvalue weighted by Gasteiger charge is 2.15. The molecule has 1 atom stereocenters. The molecule has 5 heteroatoms. The molecule has 0 spiro atoms. The first kappa shape index (κ1) is 14.0. The number of aromatic nitrogens is 3. The van der Waals surface area contributed by atoms with Gasteiger partial charge in [0, 0.05) is 12.2 Å². The van der Waals surface area contributed by atoms with Crippen molar-refractivity contribution < 1.29 is 0 Å². The van der Waals surface area contributed by atoms with Crippen LogP contribution in [0.1, 0.15) is 30.3 Å². The van der Waals surface area contributed by atoms with Crippen LogP contribution >= 0.6 is 11.6 Å². The maximum atomic E-state index is 6.20. The molecule has 0 aliphatic heterocycles. The molecule has 0 fully saturated rings. The van der Waals surface area contributed by atoms with Crippen molar-refractivity contribution in [3.63, 3.8) is 0 Å². The van der Waals surface area contributed by atoms with Crippen molar-refractivity contribution in [2.45, 2.75) is 39.7 Å². The molecule has 0 aromatic carbocycles. The Balaban J connectivity index is 2.47. The molecule has 4 nitrogen and oxygen atoms in total. The van der Waals surface area contributed by atoms with E-state index >= 15 is 0 Å². The molecule has 19 heavy (non-hydrogen) atoms. The van der Waals surface area contributed by atoms with Crippen LogP contribution in [0, 0.1) is 13.8 Å². The van der Waals surface area contributed by atoms with E-state index in [1.807, 2.05) is 26.0 Å². The fourth-order valence-electron chi connectivity index (χ4n) is 2.04. The average molecular weight is 279 g/mol. The van der Waals surface area contributed by atoms with Crippen molar-refractivity contribution in [1.29, 1.82) is 0 Å². The smallest absolute Gasteiger partial charge is 0.156 e. The molecule has 102 valence electrons. The zero-order chi connectivity index (χ0) is 14.0. The van der Waals surface area contributed by atoms with Gasteiger partial charge < -0.3 is 5.73 Å². The lowest BCUT2D eigenvalue weighted by atomic mass is 10.1. The Bertz CT molecular complexity index is 577. The molecular formula is C14H19ClN4. The van der Waals surface area contributed by atoms with E-state index in [1.165, 1.54) is 0 Å². The highest BCUT2D eigenvalue weighted by Crippen LogP contribution is 2.23. The summed E-state index contributed by atoms with van der Waals surface area (Å²) in [7, 11) is 0. The van der Waals surface area contributed by atoms with Crippen LogP contribution in [0.2, 0.25) is 5.02 Å². The van der Waals surface area contributed by atoms with Gasteiger partial charge in [-0.25, -0.2) is 9.67 Å². The topological polar surface area (TPSA) is 56.7 Å². The molecule has 0 saturated heterocycles. The maximum Gasteiger partial charge on any atom is 0.156 e. The van der Waals surface area contributed by atoms with Crippen LogP contribution in [0.25, 0.3) is 5.82 Å². The van der Waals surface area contributed by atoms with Crippen molar-refractivity contribution in [1.82, 2.24) is 14.8 Å². The van der Waals surface area contributed by atoms with E-state index in [0.717, 1.165) is 35.6 Å². The Morgan fingerprint density at radius 1 is 1.42 bits per heavy atom. The van der Waals surface area contributed by atoms with E-state index in [9.17, 15) is 0 Å². The summed E-state index contributed by atoms with van der Waals surface area (Å²) in [6.45, 7) is 5.92. The van der Waals surface area contributed by atoms with Gasteiger partial charge in [-0.15, -0.1) is 0 Å². The van der Waals surface area contributed by atoms with Crippen LogP contribution < -0.4 is 5.73 Å². The molecule has 1 unspecified atom stereocenters. The third-order valence-electron chi connectivity index (χ3n) is 3.28. The van der Waals surface area contributed by atoms with E-state index in [-0.39, 0.29) is 6.04 Å². The highest BCUT2D eigenvalue weighted by atomic mass is 35.5. The van der Waals surface area contributed by atoms with Crippen molar-refractivity contribution in [2.75, 3.05) is 0 Å². The zero-order valence-electron chi connectivity index (χ0n) is 11.5. The van der Waals surface area contributed by atoms with Gasteiger partial charge in [-0.1, -0.05) is 24.6 Å². The Hall–Kier alpha value is -1.39. The van der Waals surface area contributed by atoms with E-state index in [0.29, 0.717) is 5.02 Å². The minimum absolute atomic E-state index is 0.135. The van der Waals surface area contributed by atoms with E-state index in [4.69, 9.17) is 17.3 Å². The third-order valence-corrected chi connectivity index (χ3v) is 3.82. The van der Waals surface area contributed by atoms with Gasteiger partial charge in [-0.3, -0.25) is 0 Å². The number of aryl methyl sites for hydroxylation is 1. The van der Waals surface area contributed by atoms with Crippen molar-refractivity contribution in [3.8, 4) is 5.82 Å². The summed E-state index contributed by atoms with van der Waals surface area (Å²) < 4.78 is 1.80. The van der Waals surface area contributed by atoms with Crippen molar-refractivity contribution in [3.05, 3.63) is 40.3 Å². The number of halogens is 1. The fourth-order valence-corrected chi connectivity index (χ4v) is 2.15. The Morgan fingerprint density at radius 2 is 2.16 bits per heavy atom. The number of nitrogens with two attached hydrogens (primary N) is 1. The van der Waals surface area contributed by atoms with Crippen LogP contribution in [0.3, 0.4) is 0 Å². The first-order chi connectivity index (χ1) is 9.04. The number of pyridine rings is 1. The normalized spacial score (nSPS) is 12.7. The maximum absolute atomic E-state index is 6.20. The fraction of sp³-hybridized carbons (Fsp3) is 0.429. The lowest BCUT2D eigenvalue weighted by Gasteiger charge is -2.13. The molecule has 2 N–H and O–H groups in total. The van der Waals surface area contributed by atoms with Gasteiger partial charge >= 0.3 is 0 Å². The minimum Gasteiger partial charge on any atom is -0.327 e. The number of rotatable bonds is 4. The van der Waals surface area contributed by atoms with Gasteiger partial charge in [0.15, 0.2) is 5.82 Å². The third kappa shape index (κ3) is 2.80. The zero-order valence-corrected chi connectivity index (χ0v) is 12.3. The van der Waals surface area contributed by atoms with Crippen LogP contribution in [-0.2, 0) is 6.42 Å². The number of nitrogens with zero attached hydrogens (tertiary/aromatic N) is 3. The molecule has 0 saturated carbocycles. The molecule has 0 radical (unpaired) electrons. The first-order valence-corrected chi connectivity index (χ1v) is 6.84. The molecule has 2 aromatic heterocycles. The second-order valence-electron chi connectivity index (χ2n) is 4.76. The second kappa shape index (κ2) is 5.72. The van der Waals surface area contributed by atoms with Gasteiger partial charge in [0.05, 0.1) is 16.4 Å². The molecular weight excluding hydrogens is 260 g/mol. The van der Waals surface area contributed by atoms with Gasteiger partial charge in [0.1, 0.15) is 0 Å². The first-order valence-electron chi connectivity index (χ1n) is 6.46. The lowest BCUT2D eigenvalue weighted by Crippen LogP contribution is -2.22. The minimum atomic E-state index is 0.135. The summed E-state index contributed by atoms with van der Waals surface area (Å²) in [4.78, 5) is 4.44. The quantitative estimate of drug-likeness (QED) is 0.936. The van der Waals surface area contributed by atoms with Crippen LogP contribution in [-0.4, -0.2) is 20.8 Å². The Labute approximate surface area is 118 Å². The molecule has 0 aliphatic rings. The van der Waals surface area contributed by atoms with Gasteiger partial charge in [-0.2, -0.15) is 5.10 Å². The van der Waals surface area contributed by atoms with Crippen LogP contribution in [0.5, 0.6) is 0 Å². The lowest BCUT2D eigenvalue weighted by molar-refractivity contribution is 0.638. The predicted octanol–water partition coefficient (Wildman–Crippen LogP) is 2.82. The molecule has 2 aromatic rings. The summed E-state index contributed by atoms with van der Waals surface area (Å²) in [6, 6.07) is 4.10. The summed E-state index contributed by atoms with van der Waals surface area (Å²) in [5, 5.41) is 5.15. The number of hydrogen-bond donors (Lipinski definition) is 1. The molecule has 0 amide bonds. The SMILES string of the molecule is CCC(N)Cc1cccnc1-n1nc(C)c(Cl)c1C. The standard InChI is InChI=1S/C14H19ClN4/c1-4-12(16)8-11-6-5-7-17-14(11)19-10(3)13(15)9(2)18-19/h5-7,12H,4,8,16H2,1-3H3.